The van der Waals surface area contributed by atoms with E-state index in [-0.39, 0.29) is 5.91 Å². The molecular formula is C27H34N4O2. The molecule has 174 valence electrons. The van der Waals surface area contributed by atoms with Crippen LogP contribution >= 0.6 is 0 Å². The highest BCUT2D eigenvalue weighted by Crippen LogP contribution is 2.16. The van der Waals surface area contributed by atoms with Crippen LogP contribution < -0.4 is 0 Å². The highest BCUT2D eigenvalue weighted by Gasteiger charge is 2.20. The van der Waals surface area contributed by atoms with E-state index in [2.05, 4.69) is 46.5 Å². The second kappa shape index (κ2) is 10.8. The number of imidazole rings is 1. The number of carbonyl (C=O) groups excluding carboxylic acids is 1. The fraction of sp³-hybridized carbons (Fsp3) is 0.407. The Morgan fingerprint density at radius 1 is 1.03 bits per heavy atom. The van der Waals surface area contributed by atoms with E-state index >= 15 is 0 Å². The SMILES string of the molecule is Cc1ccc(C(=O)N(CCN2CCOCC2)Cc2nccn2Cc2cc(C)ccc2C)cc1. The van der Waals surface area contributed by atoms with Crippen molar-refractivity contribution < 1.29 is 9.53 Å². The summed E-state index contributed by atoms with van der Waals surface area (Å²) in [6.45, 7) is 12.3. The molecule has 3 aromatic rings. The molecule has 1 saturated heterocycles. The van der Waals surface area contributed by atoms with Crippen molar-refractivity contribution in [2.24, 2.45) is 0 Å². The highest BCUT2D eigenvalue weighted by atomic mass is 16.5. The minimum atomic E-state index is 0.0459. The third-order valence-corrected chi connectivity index (χ3v) is 6.35. The fourth-order valence-corrected chi connectivity index (χ4v) is 4.18. The predicted molar refractivity (Wildman–Crippen MR) is 130 cm³/mol. The molecule has 0 bridgehead atoms. The Labute approximate surface area is 196 Å². The number of amides is 1. The zero-order chi connectivity index (χ0) is 23.2. The van der Waals surface area contributed by atoms with Gasteiger partial charge in [0.2, 0.25) is 0 Å². The molecule has 1 amide bonds. The Morgan fingerprint density at radius 3 is 2.52 bits per heavy atom. The van der Waals surface area contributed by atoms with Crippen molar-refractivity contribution in [3.8, 4) is 0 Å². The lowest BCUT2D eigenvalue weighted by atomic mass is 10.1. The molecule has 0 unspecified atom stereocenters. The predicted octanol–water partition coefficient (Wildman–Crippen LogP) is 3.83. The van der Waals surface area contributed by atoms with E-state index in [4.69, 9.17) is 4.74 Å². The zero-order valence-corrected chi connectivity index (χ0v) is 20.0. The van der Waals surface area contributed by atoms with Gasteiger partial charge in [-0.25, -0.2) is 4.98 Å². The van der Waals surface area contributed by atoms with Gasteiger partial charge in [-0.1, -0.05) is 41.5 Å². The first kappa shape index (κ1) is 23.2. The molecule has 0 radical (unpaired) electrons. The van der Waals surface area contributed by atoms with Crippen LogP contribution in [0.5, 0.6) is 0 Å². The van der Waals surface area contributed by atoms with Crippen molar-refractivity contribution in [1.82, 2.24) is 19.4 Å². The summed E-state index contributed by atoms with van der Waals surface area (Å²) < 4.78 is 7.63. The maximum Gasteiger partial charge on any atom is 0.254 e. The zero-order valence-electron chi connectivity index (χ0n) is 20.0. The van der Waals surface area contributed by atoms with Gasteiger partial charge < -0.3 is 14.2 Å². The number of rotatable bonds is 8. The first-order chi connectivity index (χ1) is 16.0. The molecule has 0 spiro atoms. The topological polar surface area (TPSA) is 50.6 Å². The minimum absolute atomic E-state index is 0.0459. The van der Waals surface area contributed by atoms with Crippen LogP contribution in [-0.4, -0.2) is 64.7 Å². The number of hydrogen-bond donors (Lipinski definition) is 0. The van der Waals surface area contributed by atoms with Crippen molar-refractivity contribution in [2.75, 3.05) is 39.4 Å². The molecule has 0 aliphatic carbocycles. The molecule has 2 heterocycles. The standard InChI is InChI=1S/C27H34N4O2/c1-21-5-8-24(9-6-21)27(32)31(13-12-29-14-16-33-17-15-29)20-26-28-10-11-30(26)19-25-18-22(2)4-7-23(25)3/h4-11,18H,12-17,19-20H2,1-3H3. The van der Waals surface area contributed by atoms with E-state index in [1.54, 1.807) is 0 Å². The van der Waals surface area contributed by atoms with Crippen LogP contribution in [-0.2, 0) is 17.8 Å². The molecule has 6 nitrogen and oxygen atoms in total. The van der Waals surface area contributed by atoms with Gasteiger partial charge >= 0.3 is 0 Å². The quantitative estimate of drug-likeness (QED) is 0.528. The number of carbonyl (C=O) groups is 1. The van der Waals surface area contributed by atoms with Crippen LogP contribution in [0.25, 0.3) is 0 Å². The van der Waals surface area contributed by atoms with Gasteiger partial charge in [-0.3, -0.25) is 9.69 Å². The summed E-state index contributed by atoms with van der Waals surface area (Å²) in [5.41, 5.74) is 5.66. The Bertz CT molecular complexity index is 1070. The van der Waals surface area contributed by atoms with E-state index in [0.717, 1.165) is 56.3 Å². The first-order valence-electron chi connectivity index (χ1n) is 11.7. The lowest BCUT2D eigenvalue weighted by Crippen LogP contribution is -2.43. The van der Waals surface area contributed by atoms with Crippen molar-refractivity contribution in [1.29, 1.82) is 0 Å². The molecule has 0 atom stereocenters. The van der Waals surface area contributed by atoms with Gasteiger partial charge in [0.1, 0.15) is 5.82 Å². The van der Waals surface area contributed by atoms with Crippen LogP contribution in [0.2, 0.25) is 0 Å². The Hall–Kier alpha value is -2.96. The van der Waals surface area contributed by atoms with Crippen molar-refractivity contribution >= 4 is 5.91 Å². The van der Waals surface area contributed by atoms with Crippen LogP contribution in [0.3, 0.4) is 0 Å². The molecule has 1 aliphatic heterocycles. The molecule has 1 fully saturated rings. The van der Waals surface area contributed by atoms with Gasteiger partial charge in [0, 0.05) is 50.7 Å². The smallest absolute Gasteiger partial charge is 0.254 e. The molecule has 2 aromatic carbocycles. The van der Waals surface area contributed by atoms with E-state index in [1.165, 1.54) is 16.7 Å². The summed E-state index contributed by atoms with van der Waals surface area (Å²) in [5.74, 6) is 0.947. The number of hydrogen-bond acceptors (Lipinski definition) is 4. The molecule has 1 aromatic heterocycles. The Morgan fingerprint density at radius 2 is 1.76 bits per heavy atom. The molecule has 4 rings (SSSR count). The molecule has 1 aliphatic rings. The van der Waals surface area contributed by atoms with Gasteiger partial charge in [-0.15, -0.1) is 0 Å². The summed E-state index contributed by atoms with van der Waals surface area (Å²) in [6, 6.07) is 14.4. The van der Waals surface area contributed by atoms with Crippen molar-refractivity contribution in [3.05, 3.63) is 88.5 Å². The molecule has 0 saturated carbocycles. The lowest BCUT2D eigenvalue weighted by molar-refractivity contribution is 0.0318. The summed E-state index contributed by atoms with van der Waals surface area (Å²) in [6.07, 6.45) is 3.84. The summed E-state index contributed by atoms with van der Waals surface area (Å²) in [7, 11) is 0. The second-order valence-corrected chi connectivity index (χ2v) is 8.95. The maximum absolute atomic E-state index is 13.5. The second-order valence-electron chi connectivity index (χ2n) is 8.95. The van der Waals surface area contributed by atoms with Crippen LogP contribution in [0.15, 0.2) is 54.9 Å². The van der Waals surface area contributed by atoms with E-state index in [0.29, 0.717) is 13.1 Å². The number of benzene rings is 2. The average molecular weight is 447 g/mol. The maximum atomic E-state index is 13.5. The largest absolute Gasteiger partial charge is 0.379 e. The number of aryl methyl sites for hydroxylation is 3. The van der Waals surface area contributed by atoms with E-state index in [9.17, 15) is 4.79 Å². The molecule has 6 heteroatoms. The van der Waals surface area contributed by atoms with Gasteiger partial charge in [0.05, 0.1) is 19.8 Å². The molecular weight excluding hydrogens is 412 g/mol. The summed E-state index contributed by atoms with van der Waals surface area (Å²) >= 11 is 0. The Balaban J connectivity index is 1.53. The average Bonchev–Trinajstić information content (AvgIpc) is 3.26. The van der Waals surface area contributed by atoms with Crippen LogP contribution in [0.1, 0.15) is 38.4 Å². The Kier molecular flexibility index (Phi) is 7.57. The monoisotopic (exact) mass is 446 g/mol. The molecule has 0 N–H and O–H groups in total. The van der Waals surface area contributed by atoms with Crippen molar-refractivity contribution in [3.63, 3.8) is 0 Å². The summed E-state index contributed by atoms with van der Waals surface area (Å²) in [5, 5.41) is 0. The van der Waals surface area contributed by atoms with Crippen LogP contribution in [0.4, 0.5) is 0 Å². The minimum Gasteiger partial charge on any atom is -0.379 e. The number of morpholine rings is 1. The fourth-order valence-electron chi connectivity index (χ4n) is 4.18. The van der Waals surface area contributed by atoms with Gasteiger partial charge in [-0.2, -0.15) is 0 Å². The number of ether oxygens (including phenoxy) is 1. The third-order valence-electron chi connectivity index (χ3n) is 6.35. The van der Waals surface area contributed by atoms with Crippen LogP contribution in [0, 0.1) is 20.8 Å². The highest BCUT2D eigenvalue weighted by molar-refractivity contribution is 5.94. The van der Waals surface area contributed by atoms with E-state index in [1.807, 2.05) is 48.5 Å². The van der Waals surface area contributed by atoms with E-state index < -0.39 is 0 Å². The number of nitrogens with zero attached hydrogens (tertiary/aromatic N) is 4. The molecule has 33 heavy (non-hydrogen) atoms. The summed E-state index contributed by atoms with van der Waals surface area (Å²) in [4.78, 5) is 22.4. The van der Waals surface area contributed by atoms with Gasteiger partial charge in [0.15, 0.2) is 0 Å². The third kappa shape index (κ3) is 6.09. The lowest BCUT2D eigenvalue weighted by Gasteiger charge is -2.30. The van der Waals surface area contributed by atoms with Gasteiger partial charge in [-0.05, 0) is 44.0 Å². The van der Waals surface area contributed by atoms with Gasteiger partial charge in [0.25, 0.3) is 5.91 Å². The van der Waals surface area contributed by atoms with Crippen molar-refractivity contribution in [2.45, 2.75) is 33.9 Å². The number of aromatic nitrogens is 2. The normalized spacial score (nSPS) is 14.4. The first-order valence-corrected chi connectivity index (χ1v) is 11.7.